The summed E-state index contributed by atoms with van der Waals surface area (Å²) in [7, 11) is 0. The van der Waals surface area contributed by atoms with E-state index in [0.29, 0.717) is 4.47 Å². The van der Waals surface area contributed by atoms with Crippen LogP contribution in [-0.4, -0.2) is 4.98 Å². The number of benzene rings is 1. The normalized spacial score (nSPS) is 10.4. The van der Waals surface area contributed by atoms with Crippen molar-refractivity contribution >= 4 is 31.9 Å². The topological polar surface area (TPSA) is 12.9 Å². The van der Waals surface area contributed by atoms with Crippen molar-refractivity contribution in [2.45, 2.75) is 6.42 Å². The van der Waals surface area contributed by atoms with Gasteiger partial charge < -0.3 is 0 Å². The molecule has 0 amide bonds. The first-order chi connectivity index (χ1) is 7.65. The van der Waals surface area contributed by atoms with Crippen molar-refractivity contribution in [3.05, 3.63) is 62.5 Å². The summed E-state index contributed by atoms with van der Waals surface area (Å²) in [5.41, 5.74) is 2.14. The highest BCUT2D eigenvalue weighted by atomic mass is 79.9. The van der Waals surface area contributed by atoms with Gasteiger partial charge in [0.25, 0.3) is 0 Å². The van der Waals surface area contributed by atoms with Gasteiger partial charge in [-0.3, -0.25) is 4.98 Å². The van der Waals surface area contributed by atoms with Crippen LogP contribution in [0.15, 0.2) is 45.6 Å². The Labute approximate surface area is 110 Å². The molecule has 16 heavy (non-hydrogen) atoms. The summed E-state index contributed by atoms with van der Waals surface area (Å²) in [4.78, 5) is 4.09. The lowest BCUT2D eigenvalue weighted by molar-refractivity contribution is 0.620. The number of hydrogen-bond acceptors (Lipinski definition) is 1. The Balaban J connectivity index is 2.24. The van der Waals surface area contributed by atoms with Crippen molar-refractivity contribution in [2.75, 3.05) is 0 Å². The van der Waals surface area contributed by atoms with E-state index in [-0.39, 0.29) is 5.82 Å². The van der Waals surface area contributed by atoms with Gasteiger partial charge in [0.05, 0.1) is 4.47 Å². The first-order valence-corrected chi connectivity index (χ1v) is 6.27. The van der Waals surface area contributed by atoms with Crippen LogP contribution in [0.2, 0.25) is 0 Å². The molecular formula is C12H8Br2FN. The highest BCUT2D eigenvalue weighted by molar-refractivity contribution is 9.10. The highest BCUT2D eigenvalue weighted by Gasteiger charge is 2.02. The zero-order valence-corrected chi connectivity index (χ0v) is 11.4. The molecule has 0 aliphatic rings. The lowest BCUT2D eigenvalue weighted by Gasteiger charge is -2.03. The van der Waals surface area contributed by atoms with Crippen LogP contribution in [0, 0.1) is 5.82 Å². The van der Waals surface area contributed by atoms with Gasteiger partial charge >= 0.3 is 0 Å². The zero-order chi connectivity index (χ0) is 11.5. The predicted molar refractivity (Wildman–Crippen MR) is 68.8 cm³/mol. The molecule has 0 bridgehead atoms. The molecule has 0 N–H and O–H groups in total. The van der Waals surface area contributed by atoms with Gasteiger partial charge in [0.1, 0.15) is 5.82 Å². The third-order valence-corrected chi connectivity index (χ3v) is 3.20. The number of pyridine rings is 1. The van der Waals surface area contributed by atoms with Crippen LogP contribution in [-0.2, 0) is 6.42 Å². The Hall–Kier alpha value is -0.740. The van der Waals surface area contributed by atoms with E-state index in [0.717, 1.165) is 22.0 Å². The summed E-state index contributed by atoms with van der Waals surface area (Å²) in [5, 5.41) is 0. The lowest BCUT2D eigenvalue weighted by atomic mass is 10.1. The zero-order valence-electron chi connectivity index (χ0n) is 8.25. The van der Waals surface area contributed by atoms with Crippen molar-refractivity contribution in [1.82, 2.24) is 4.98 Å². The second kappa shape index (κ2) is 5.06. The van der Waals surface area contributed by atoms with E-state index < -0.39 is 0 Å². The van der Waals surface area contributed by atoms with E-state index >= 15 is 0 Å². The Morgan fingerprint density at radius 1 is 1.06 bits per heavy atom. The van der Waals surface area contributed by atoms with E-state index in [9.17, 15) is 4.39 Å². The quantitative estimate of drug-likeness (QED) is 0.789. The fraction of sp³-hybridized carbons (Fsp3) is 0.0833. The minimum Gasteiger partial charge on any atom is -0.263 e. The van der Waals surface area contributed by atoms with Crippen molar-refractivity contribution in [3.8, 4) is 0 Å². The molecule has 2 rings (SSSR count). The van der Waals surface area contributed by atoms with E-state index in [1.165, 1.54) is 6.07 Å². The van der Waals surface area contributed by atoms with Gasteiger partial charge in [-0.15, -0.1) is 0 Å². The van der Waals surface area contributed by atoms with Gasteiger partial charge in [-0.1, -0.05) is 6.07 Å². The minimum absolute atomic E-state index is 0.240. The van der Waals surface area contributed by atoms with Crippen molar-refractivity contribution in [3.63, 3.8) is 0 Å². The van der Waals surface area contributed by atoms with Crippen LogP contribution in [0.5, 0.6) is 0 Å². The van der Waals surface area contributed by atoms with Crippen molar-refractivity contribution < 1.29 is 4.39 Å². The van der Waals surface area contributed by atoms with E-state index in [1.807, 2.05) is 12.3 Å². The second-order valence-electron chi connectivity index (χ2n) is 3.44. The number of hydrogen-bond donors (Lipinski definition) is 0. The van der Waals surface area contributed by atoms with Gasteiger partial charge in [-0.2, -0.15) is 0 Å². The molecule has 0 aliphatic carbocycles. The van der Waals surface area contributed by atoms with Crippen LogP contribution >= 0.6 is 31.9 Å². The summed E-state index contributed by atoms with van der Waals surface area (Å²) < 4.78 is 14.5. The number of nitrogens with zero attached hydrogens (tertiary/aromatic N) is 1. The van der Waals surface area contributed by atoms with Gasteiger partial charge in [0.15, 0.2) is 0 Å². The van der Waals surface area contributed by atoms with E-state index in [4.69, 9.17) is 0 Å². The number of rotatable bonds is 2. The fourth-order valence-corrected chi connectivity index (χ4v) is 2.28. The fourth-order valence-electron chi connectivity index (χ4n) is 1.44. The molecule has 2 aromatic rings. The first kappa shape index (κ1) is 11.7. The SMILES string of the molecule is Fc1ccc(Cc2cncc(Br)c2)cc1Br. The average Bonchev–Trinajstić information content (AvgIpc) is 2.24. The second-order valence-corrected chi connectivity index (χ2v) is 5.21. The summed E-state index contributed by atoms with van der Waals surface area (Å²) in [6.45, 7) is 0. The predicted octanol–water partition coefficient (Wildman–Crippen LogP) is 4.34. The summed E-state index contributed by atoms with van der Waals surface area (Å²) >= 11 is 6.54. The van der Waals surface area contributed by atoms with E-state index in [2.05, 4.69) is 36.8 Å². The molecule has 1 heterocycles. The van der Waals surface area contributed by atoms with Crippen LogP contribution < -0.4 is 0 Å². The molecule has 0 radical (unpaired) electrons. The summed E-state index contributed by atoms with van der Waals surface area (Å²) in [6.07, 6.45) is 4.29. The monoisotopic (exact) mass is 343 g/mol. The molecule has 1 aromatic heterocycles. The molecule has 1 nitrogen and oxygen atoms in total. The number of halogens is 3. The largest absolute Gasteiger partial charge is 0.263 e. The van der Waals surface area contributed by atoms with Crippen LogP contribution in [0.1, 0.15) is 11.1 Å². The maximum Gasteiger partial charge on any atom is 0.137 e. The molecule has 0 atom stereocenters. The standard InChI is InChI=1S/C12H8Br2FN/c13-10-4-9(6-16-7-10)3-8-1-2-12(15)11(14)5-8/h1-2,4-7H,3H2. The van der Waals surface area contributed by atoms with Crippen molar-refractivity contribution in [1.29, 1.82) is 0 Å². The smallest absolute Gasteiger partial charge is 0.137 e. The van der Waals surface area contributed by atoms with Gasteiger partial charge in [0, 0.05) is 16.9 Å². The van der Waals surface area contributed by atoms with Crippen LogP contribution in [0.4, 0.5) is 4.39 Å². The molecule has 0 spiro atoms. The summed E-state index contributed by atoms with van der Waals surface area (Å²) in [5.74, 6) is -0.240. The Morgan fingerprint density at radius 3 is 2.56 bits per heavy atom. The molecule has 4 heteroatoms. The molecule has 1 aromatic carbocycles. The Morgan fingerprint density at radius 2 is 1.88 bits per heavy atom. The molecule has 82 valence electrons. The van der Waals surface area contributed by atoms with Gasteiger partial charge in [-0.05, 0) is 67.6 Å². The Kier molecular flexibility index (Phi) is 3.71. The molecule has 0 fully saturated rings. The van der Waals surface area contributed by atoms with Crippen LogP contribution in [0.25, 0.3) is 0 Å². The van der Waals surface area contributed by atoms with Crippen molar-refractivity contribution in [2.24, 2.45) is 0 Å². The average molecular weight is 345 g/mol. The van der Waals surface area contributed by atoms with E-state index in [1.54, 1.807) is 18.3 Å². The third kappa shape index (κ3) is 2.89. The Bertz CT molecular complexity index is 514. The van der Waals surface area contributed by atoms with Gasteiger partial charge in [0.2, 0.25) is 0 Å². The molecule has 0 aliphatic heterocycles. The minimum atomic E-state index is -0.240. The highest BCUT2D eigenvalue weighted by Crippen LogP contribution is 2.19. The maximum atomic E-state index is 13.0. The summed E-state index contributed by atoms with van der Waals surface area (Å²) in [6, 6.07) is 7.03. The molecule has 0 saturated heterocycles. The van der Waals surface area contributed by atoms with Gasteiger partial charge in [-0.25, -0.2) is 4.39 Å². The van der Waals surface area contributed by atoms with Crippen LogP contribution in [0.3, 0.4) is 0 Å². The first-order valence-electron chi connectivity index (χ1n) is 4.68. The molecular weight excluding hydrogens is 337 g/mol. The molecule has 0 saturated carbocycles. The maximum absolute atomic E-state index is 13.0. The molecule has 0 unspecified atom stereocenters. The lowest BCUT2D eigenvalue weighted by Crippen LogP contribution is -1.90. The number of aromatic nitrogens is 1. The third-order valence-electron chi connectivity index (χ3n) is 2.15.